The second kappa shape index (κ2) is 7.19. The number of hydrogen-bond donors (Lipinski definition) is 0. The zero-order chi connectivity index (χ0) is 19.5. The van der Waals surface area contributed by atoms with Gasteiger partial charge in [0.15, 0.2) is 5.82 Å². The molecule has 0 saturated heterocycles. The third-order valence-electron chi connectivity index (χ3n) is 3.21. The molecule has 7 nitrogen and oxygen atoms in total. The molecule has 2 rings (SSSR count). The lowest BCUT2D eigenvalue weighted by atomic mass is 10.1. The minimum absolute atomic E-state index is 0.302. The summed E-state index contributed by atoms with van der Waals surface area (Å²) in [5, 5.41) is 5.09. The van der Waals surface area contributed by atoms with Gasteiger partial charge in [-0.25, -0.2) is 14.3 Å². The predicted molar refractivity (Wildman–Crippen MR) is 97.8 cm³/mol. The molecule has 7 heteroatoms. The van der Waals surface area contributed by atoms with E-state index in [0.717, 1.165) is 5.06 Å². The molecule has 26 heavy (non-hydrogen) atoms. The summed E-state index contributed by atoms with van der Waals surface area (Å²) in [4.78, 5) is 30.6. The maximum absolute atomic E-state index is 12.7. The molecule has 140 valence electrons. The number of amides is 1. The van der Waals surface area contributed by atoms with Gasteiger partial charge in [0.05, 0.1) is 17.3 Å². The molecule has 0 radical (unpaired) electrons. The summed E-state index contributed by atoms with van der Waals surface area (Å²) in [6.07, 6.45) is 0.738. The fourth-order valence-corrected chi connectivity index (χ4v) is 2.16. The second-order valence-electron chi connectivity index (χ2n) is 7.79. The van der Waals surface area contributed by atoms with Gasteiger partial charge in [-0.05, 0) is 53.7 Å². The Morgan fingerprint density at radius 3 is 2.15 bits per heavy atom. The standard InChI is InChI=1S/C19H25N3O4/c1-18(2,3)22-15(12-13-20-22)21(17(24)25-19(4,5)6)26-16(23)14-10-8-7-9-11-14/h7-13H,1-6H3. The lowest BCUT2D eigenvalue weighted by Gasteiger charge is -2.29. The zero-order valence-electron chi connectivity index (χ0n) is 16.0. The third-order valence-corrected chi connectivity index (χ3v) is 3.21. The lowest BCUT2D eigenvalue weighted by molar-refractivity contribution is 0.0185. The molecule has 0 aliphatic heterocycles. The summed E-state index contributed by atoms with van der Waals surface area (Å²) >= 11 is 0. The van der Waals surface area contributed by atoms with Crippen LogP contribution in [-0.4, -0.2) is 27.4 Å². The van der Waals surface area contributed by atoms with Crippen molar-refractivity contribution in [1.82, 2.24) is 9.78 Å². The van der Waals surface area contributed by atoms with E-state index in [1.54, 1.807) is 61.9 Å². The van der Waals surface area contributed by atoms with E-state index in [1.165, 1.54) is 6.20 Å². The van der Waals surface area contributed by atoms with Crippen LogP contribution in [0.3, 0.4) is 0 Å². The van der Waals surface area contributed by atoms with Crippen molar-refractivity contribution >= 4 is 17.9 Å². The first kappa shape index (κ1) is 19.5. The summed E-state index contributed by atoms with van der Waals surface area (Å²) in [7, 11) is 0. The van der Waals surface area contributed by atoms with Crippen LogP contribution in [0.4, 0.5) is 10.6 Å². The average Bonchev–Trinajstić information content (AvgIpc) is 3.01. The van der Waals surface area contributed by atoms with Crippen molar-refractivity contribution in [3.8, 4) is 0 Å². The molecular formula is C19H25N3O4. The van der Waals surface area contributed by atoms with Gasteiger partial charge in [0.25, 0.3) is 0 Å². The van der Waals surface area contributed by atoms with Gasteiger partial charge in [0, 0.05) is 6.07 Å². The van der Waals surface area contributed by atoms with Crippen LogP contribution in [-0.2, 0) is 15.1 Å². The minimum atomic E-state index is -0.798. The van der Waals surface area contributed by atoms with Crippen LogP contribution in [0.15, 0.2) is 42.6 Å². The van der Waals surface area contributed by atoms with Crippen molar-refractivity contribution in [2.45, 2.75) is 52.7 Å². The average molecular weight is 359 g/mol. The van der Waals surface area contributed by atoms with Gasteiger partial charge >= 0.3 is 12.1 Å². The number of aromatic nitrogens is 2. The molecule has 0 atom stereocenters. The predicted octanol–water partition coefficient (Wildman–Crippen LogP) is 4.15. The number of nitrogens with zero attached hydrogens (tertiary/aromatic N) is 3. The fraction of sp³-hybridized carbons (Fsp3) is 0.421. The summed E-state index contributed by atoms with van der Waals surface area (Å²) in [5.74, 6) is -0.367. The van der Waals surface area contributed by atoms with Crippen LogP contribution in [0.25, 0.3) is 0 Å². The molecular weight excluding hydrogens is 334 g/mol. The van der Waals surface area contributed by atoms with Crippen molar-refractivity contribution in [3.05, 3.63) is 48.2 Å². The highest BCUT2D eigenvalue weighted by atomic mass is 16.8. The van der Waals surface area contributed by atoms with Gasteiger partial charge in [-0.15, -0.1) is 0 Å². The van der Waals surface area contributed by atoms with Crippen molar-refractivity contribution in [3.63, 3.8) is 0 Å². The highest BCUT2D eigenvalue weighted by molar-refractivity contribution is 5.94. The van der Waals surface area contributed by atoms with Crippen LogP contribution < -0.4 is 5.06 Å². The number of ether oxygens (including phenoxy) is 1. The second-order valence-corrected chi connectivity index (χ2v) is 7.79. The largest absolute Gasteiger partial charge is 0.450 e. The smallest absolute Gasteiger partial charge is 0.441 e. The van der Waals surface area contributed by atoms with Gasteiger partial charge in [-0.1, -0.05) is 23.3 Å². The Morgan fingerprint density at radius 2 is 1.62 bits per heavy atom. The van der Waals surface area contributed by atoms with Gasteiger partial charge in [-0.2, -0.15) is 5.10 Å². The molecule has 0 aliphatic rings. The first-order chi connectivity index (χ1) is 12.0. The number of carbonyl (C=O) groups excluding carboxylic acids is 2. The third kappa shape index (κ3) is 4.84. The molecule has 2 aromatic rings. The van der Waals surface area contributed by atoms with E-state index in [2.05, 4.69) is 5.10 Å². The Morgan fingerprint density at radius 1 is 1.00 bits per heavy atom. The van der Waals surface area contributed by atoms with Crippen molar-refractivity contribution in [1.29, 1.82) is 0 Å². The Kier molecular flexibility index (Phi) is 5.39. The van der Waals surface area contributed by atoms with E-state index in [-0.39, 0.29) is 0 Å². The van der Waals surface area contributed by atoms with Crippen LogP contribution in [0.5, 0.6) is 0 Å². The summed E-state index contributed by atoms with van der Waals surface area (Å²) in [6.45, 7) is 11.0. The first-order valence-corrected chi connectivity index (χ1v) is 8.34. The number of hydroxylamine groups is 1. The van der Waals surface area contributed by atoms with Gasteiger partial charge in [-0.3, -0.25) is 0 Å². The van der Waals surface area contributed by atoms with E-state index in [4.69, 9.17) is 9.57 Å². The molecule has 0 unspecified atom stereocenters. The highest BCUT2D eigenvalue weighted by Gasteiger charge is 2.32. The fourth-order valence-electron chi connectivity index (χ4n) is 2.16. The summed E-state index contributed by atoms with van der Waals surface area (Å²) < 4.78 is 6.99. The van der Waals surface area contributed by atoms with E-state index in [0.29, 0.717) is 11.4 Å². The summed E-state index contributed by atoms with van der Waals surface area (Å²) in [6, 6.07) is 10.0. The molecule has 0 fully saturated rings. The normalized spacial score (nSPS) is 11.8. The highest BCUT2D eigenvalue weighted by Crippen LogP contribution is 2.25. The lowest BCUT2D eigenvalue weighted by Crippen LogP contribution is -2.41. The maximum Gasteiger partial charge on any atom is 0.450 e. The van der Waals surface area contributed by atoms with Crippen molar-refractivity contribution < 1.29 is 19.2 Å². The van der Waals surface area contributed by atoms with Crippen LogP contribution >= 0.6 is 0 Å². The zero-order valence-corrected chi connectivity index (χ0v) is 16.0. The van der Waals surface area contributed by atoms with Crippen LogP contribution in [0.1, 0.15) is 51.9 Å². The van der Waals surface area contributed by atoms with Gasteiger partial charge < -0.3 is 9.57 Å². The Balaban J connectivity index is 2.39. The van der Waals surface area contributed by atoms with Crippen LogP contribution in [0, 0.1) is 0 Å². The first-order valence-electron chi connectivity index (χ1n) is 8.34. The molecule has 0 spiro atoms. The van der Waals surface area contributed by atoms with E-state index in [1.807, 2.05) is 20.8 Å². The van der Waals surface area contributed by atoms with Gasteiger partial charge in [0.2, 0.25) is 0 Å². The topological polar surface area (TPSA) is 73.7 Å². The minimum Gasteiger partial charge on any atom is -0.441 e. The van der Waals surface area contributed by atoms with Crippen LogP contribution in [0.2, 0.25) is 0 Å². The molecule has 0 N–H and O–H groups in total. The summed E-state index contributed by atoms with van der Waals surface area (Å²) in [5.41, 5.74) is -0.859. The number of benzene rings is 1. The molecule has 1 heterocycles. The van der Waals surface area contributed by atoms with Crippen molar-refractivity contribution in [2.24, 2.45) is 0 Å². The quantitative estimate of drug-likeness (QED) is 0.753. The number of rotatable bonds is 2. The monoisotopic (exact) mass is 359 g/mol. The SMILES string of the molecule is CC(C)(C)OC(=O)N(OC(=O)c1ccccc1)c1ccnn1C(C)(C)C. The molecule has 1 aromatic carbocycles. The molecule has 1 amide bonds. The number of carbonyl (C=O) groups is 2. The number of anilines is 1. The van der Waals surface area contributed by atoms with E-state index in [9.17, 15) is 9.59 Å². The van der Waals surface area contributed by atoms with Crippen molar-refractivity contribution in [2.75, 3.05) is 5.06 Å². The molecule has 1 aromatic heterocycles. The number of hydrogen-bond acceptors (Lipinski definition) is 5. The molecule has 0 saturated carbocycles. The maximum atomic E-state index is 12.7. The molecule has 0 bridgehead atoms. The Labute approximate surface area is 153 Å². The van der Waals surface area contributed by atoms with E-state index < -0.39 is 23.2 Å². The molecule has 0 aliphatic carbocycles. The Hall–Kier alpha value is -2.83. The van der Waals surface area contributed by atoms with Gasteiger partial charge in [0.1, 0.15) is 5.60 Å². The Bertz CT molecular complexity index is 770. The van der Waals surface area contributed by atoms with E-state index >= 15 is 0 Å².